The highest BCUT2D eigenvalue weighted by molar-refractivity contribution is 5.77. The van der Waals surface area contributed by atoms with Crippen molar-refractivity contribution in [2.24, 2.45) is 0 Å². The number of ether oxygens (including phenoxy) is 2. The Balaban J connectivity index is 1.54. The van der Waals surface area contributed by atoms with E-state index in [1.54, 1.807) is 0 Å². The van der Waals surface area contributed by atoms with Crippen molar-refractivity contribution in [2.75, 3.05) is 26.3 Å². The summed E-state index contributed by atoms with van der Waals surface area (Å²) in [4.78, 5) is 37.9. The lowest BCUT2D eigenvalue weighted by atomic mass is 9.97. The molecule has 11 heteroatoms. The average Bonchev–Trinajstić information content (AvgIpc) is 3.34. The van der Waals surface area contributed by atoms with Gasteiger partial charge in [-0.05, 0) is 44.9 Å². The zero-order chi connectivity index (χ0) is 26.5. The van der Waals surface area contributed by atoms with Crippen LogP contribution in [0.15, 0.2) is 0 Å². The highest BCUT2D eigenvalue weighted by atomic mass is 16.7. The van der Waals surface area contributed by atoms with Crippen molar-refractivity contribution in [1.29, 1.82) is 0 Å². The van der Waals surface area contributed by atoms with Gasteiger partial charge in [0.1, 0.15) is 24.4 Å². The molecule has 11 nitrogen and oxygen atoms in total. The number of rotatable bonds is 15. The number of nitrogens with zero attached hydrogens (tertiary/aromatic N) is 1. The van der Waals surface area contributed by atoms with E-state index in [2.05, 4.69) is 17.6 Å². The summed E-state index contributed by atoms with van der Waals surface area (Å²) in [6.45, 7) is 4.60. The molecule has 2 fully saturated rings. The normalized spacial score (nSPS) is 28.2. The Bertz CT molecular complexity index is 694. The number of unbranched alkanes of at least 4 members (excludes halogenated alkanes) is 3. The number of carbonyl (C=O) groups is 3. The van der Waals surface area contributed by atoms with Crippen LogP contribution in [0.4, 0.5) is 0 Å². The van der Waals surface area contributed by atoms with Gasteiger partial charge in [-0.15, -0.1) is 0 Å². The Kier molecular flexibility index (Phi) is 13.6. The minimum Gasteiger partial charge on any atom is -0.394 e. The predicted molar refractivity (Wildman–Crippen MR) is 132 cm³/mol. The van der Waals surface area contributed by atoms with Gasteiger partial charge in [0, 0.05) is 45.5 Å². The zero-order valence-corrected chi connectivity index (χ0v) is 21.7. The number of amides is 3. The molecule has 2 heterocycles. The molecule has 2 aliphatic heterocycles. The molecule has 0 aromatic rings. The first-order valence-electron chi connectivity index (χ1n) is 13.4. The summed E-state index contributed by atoms with van der Waals surface area (Å²) in [5.74, 6) is -0.200. The van der Waals surface area contributed by atoms with Crippen molar-refractivity contribution in [3.8, 4) is 0 Å². The number of likely N-dealkylation sites (tertiary alicyclic amines) is 1. The van der Waals surface area contributed by atoms with E-state index >= 15 is 0 Å². The van der Waals surface area contributed by atoms with Gasteiger partial charge in [-0.2, -0.15) is 0 Å². The number of hydrogen-bond acceptors (Lipinski definition) is 8. The summed E-state index contributed by atoms with van der Waals surface area (Å²) >= 11 is 0. The summed E-state index contributed by atoms with van der Waals surface area (Å²) in [5.41, 5.74) is 0. The average molecular weight is 516 g/mol. The van der Waals surface area contributed by atoms with Crippen LogP contribution in [0.5, 0.6) is 0 Å². The first kappa shape index (κ1) is 30.4. The van der Waals surface area contributed by atoms with Crippen molar-refractivity contribution in [1.82, 2.24) is 15.5 Å². The van der Waals surface area contributed by atoms with Crippen LogP contribution in [-0.2, 0) is 23.9 Å². The molecular formula is C25H45N3O8. The topological polar surface area (TPSA) is 158 Å². The van der Waals surface area contributed by atoms with Gasteiger partial charge < -0.3 is 40.3 Å². The van der Waals surface area contributed by atoms with E-state index in [-0.39, 0.29) is 18.4 Å². The lowest BCUT2D eigenvalue weighted by molar-refractivity contribution is -0.270. The largest absolute Gasteiger partial charge is 0.394 e. The Morgan fingerprint density at radius 3 is 2.50 bits per heavy atom. The highest BCUT2D eigenvalue weighted by Gasteiger charge is 2.45. The van der Waals surface area contributed by atoms with Gasteiger partial charge in [-0.1, -0.05) is 13.3 Å². The molecule has 2 rings (SSSR count). The standard InChI is InChI=1S/C25H45N3O8/c1-3-18-10-9-14-28(18)21(32)12-5-4-7-13-26-20(31)11-6-8-15-35-25-22(27-17(2)30)24(34)23(33)19(16-29)36-25/h18-19,22-25,29,33-34H,3-16H2,1-2H3,(H,26,31)(H,27,30)/t18-,19?,22?,23?,24?,25?/m1/s1. The second-order valence-electron chi connectivity index (χ2n) is 9.71. The predicted octanol–water partition coefficient (Wildman–Crippen LogP) is 0.195. The van der Waals surface area contributed by atoms with Crippen molar-refractivity contribution in [3.63, 3.8) is 0 Å². The highest BCUT2D eigenvalue weighted by Crippen LogP contribution is 2.23. The Morgan fingerprint density at radius 2 is 1.81 bits per heavy atom. The van der Waals surface area contributed by atoms with Crippen molar-refractivity contribution >= 4 is 17.7 Å². The third-order valence-electron chi connectivity index (χ3n) is 6.89. The summed E-state index contributed by atoms with van der Waals surface area (Å²) in [7, 11) is 0. The minimum absolute atomic E-state index is 0.0436. The zero-order valence-electron chi connectivity index (χ0n) is 21.7. The fourth-order valence-corrected chi connectivity index (χ4v) is 4.83. The lowest BCUT2D eigenvalue weighted by Gasteiger charge is -2.42. The third kappa shape index (κ3) is 9.59. The molecule has 208 valence electrons. The van der Waals surface area contributed by atoms with Gasteiger partial charge in [-0.3, -0.25) is 14.4 Å². The molecule has 0 aliphatic carbocycles. The molecular weight excluding hydrogens is 470 g/mol. The van der Waals surface area contributed by atoms with E-state index in [0.717, 1.165) is 45.1 Å². The van der Waals surface area contributed by atoms with Crippen molar-refractivity contribution < 1.29 is 39.2 Å². The van der Waals surface area contributed by atoms with E-state index in [4.69, 9.17) is 9.47 Å². The van der Waals surface area contributed by atoms with E-state index < -0.39 is 43.2 Å². The van der Waals surface area contributed by atoms with Crippen LogP contribution in [0, 0.1) is 0 Å². The molecule has 2 aliphatic rings. The summed E-state index contributed by atoms with van der Waals surface area (Å²) in [6, 6.07) is -0.560. The maximum atomic E-state index is 12.3. The van der Waals surface area contributed by atoms with Gasteiger partial charge in [0.2, 0.25) is 17.7 Å². The smallest absolute Gasteiger partial charge is 0.222 e. The fraction of sp³-hybridized carbons (Fsp3) is 0.880. The first-order valence-corrected chi connectivity index (χ1v) is 13.4. The number of aliphatic hydroxyl groups is 3. The molecule has 3 amide bonds. The van der Waals surface area contributed by atoms with E-state index in [1.807, 2.05) is 4.90 Å². The summed E-state index contributed by atoms with van der Waals surface area (Å²) < 4.78 is 11.1. The SMILES string of the molecule is CC[C@@H]1CCCN1C(=O)CCCCCNC(=O)CCCCOC1OC(CO)C(O)C(O)C1NC(C)=O. The fourth-order valence-electron chi connectivity index (χ4n) is 4.83. The number of hydrogen-bond donors (Lipinski definition) is 5. The van der Waals surface area contributed by atoms with Crippen LogP contribution in [0.25, 0.3) is 0 Å². The van der Waals surface area contributed by atoms with E-state index in [9.17, 15) is 29.7 Å². The molecule has 36 heavy (non-hydrogen) atoms. The molecule has 5 N–H and O–H groups in total. The van der Waals surface area contributed by atoms with Crippen LogP contribution < -0.4 is 10.6 Å². The van der Waals surface area contributed by atoms with Crippen LogP contribution in [-0.4, -0.2) is 101 Å². The number of nitrogens with one attached hydrogen (secondary N) is 2. The molecule has 0 spiro atoms. The first-order chi connectivity index (χ1) is 17.3. The maximum Gasteiger partial charge on any atom is 0.222 e. The van der Waals surface area contributed by atoms with Gasteiger partial charge in [-0.25, -0.2) is 0 Å². The molecule has 2 saturated heterocycles. The van der Waals surface area contributed by atoms with Crippen LogP contribution in [0.3, 0.4) is 0 Å². The van der Waals surface area contributed by atoms with E-state index in [1.165, 1.54) is 6.92 Å². The van der Waals surface area contributed by atoms with Crippen molar-refractivity contribution in [2.45, 2.75) is 115 Å². The Labute approximate surface area is 213 Å². The monoisotopic (exact) mass is 515 g/mol. The summed E-state index contributed by atoms with van der Waals surface area (Å²) in [5, 5.41) is 35.0. The Hall–Kier alpha value is -1.79. The quantitative estimate of drug-likeness (QED) is 0.194. The van der Waals surface area contributed by atoms with Gasteiger partial charge in [0.05, 0.1) is 6.61 Å². The van der Waals surface area contributed by atoms with Crippen LogP contribution in [0.1, 0.15) is 78.1 Å². The third-order valence-corrected chi connectivity index (χ3v) is 6.89. The van der Waals surface area contributed by atoms with Gasteiger partial charge >= 0.3 is 0 Å². The number of carbonyl (C=O) groups excluding carboxylic acids is 3. The lowest BCUT2D eigenvalue weighted by Crippen LogP contribution is -2.64. The molecule has 6 atom stereocenters. The molecule has 5 unspecified atom stereocenters. The molecule has 0 radical (unpaired) electrons. The Morgan fingerprint density at radius 1 is 1.06 bits per heavy atom. The maximum absolute atomic E-state index is 12.3. The molecule has 0 bridgehead atoms. The van der Waals surface area contributed by atoms with Crippen molar-refractivity contribution in [3.05, 3.63) is 0 Å². The van der Waals surface area contributed by atoms with Gasteiger partial charge in [0.25, 0.3) is 0 Å². The number of aliphatic hydroxyl groups excluding tert-OH is 3. The molecule has 0 aromatic carbocycles. The summed E-state index contributed by atoms with van der Waals surface area (Å²) in [6.07, 6.45) is 3.13. The van der Waals surface area contributed by atoms with Crippen LogP contribution in [0.2, 0.25) is 0 Å². The molecule has 0 aromatic heterocycles. The van der Waals surface area contributed by atoms with Gasteiger partial charge in [0.15, 0.2) is 6.29 Å². The van der Waals surface area contributed by atoms with Crippen LogP contribution >= 0.6 is 0 Å². The van der Waals surface area contributed by atoms with E-state index in [0.29, 0.717) is 38.3 Å². The minimum atomic E-state index is -1.35. The molecule has 0 saturated carbocycles. The second kappa shape index (κ2) is 16.1. The second-order valence-corrected chi connectivity index (χ2v) is 9.71.